The van der Waals surface area contributed by atoms with Crippen LogP contribution in [0.1, 0.15) is 17.5 Å². The number of sulfone groups is 1. The molecular weight excluding hydrogens is 333 g/mol. The molecule has 1 unspecified atom stereocenters. The summed E-state index contributed by atoms with van der Waals surface area (Å²) in [6.45, 7) is 1.01. The van der Waals surface area contributed by atoms with Crippen molar-refractivity contribution in [1.29, 1.82) is 0 Å². The first kappa shape index (κ1) is 15.1. The van der Waals surface area contributed by atoms with Crippen LogP contribution in [0, 0.1) is 5.92 Å². The number of hydrogen-bond donors (Lipinski definition) is 0. The smallest absolute Gasteiger partial charge is 0.227 e. The van der Waals surface area contributed by atoms with Crippen LogP contribution in [0.15, 0.2) is 12.1 Å². The monoisotopic (exact) mass is 347 g/mol. The molecule has 1 aromatic carbocycles. The fraction of sp³-hybridized carbons (Fsp3) is 0.500. The lowest BCUT2D eigenvalue weighted by molar-refractivity contribution is -0.135. The van der Waals surface area contributed by atoms with Crippen LogP contribution in [0.4, 0.5) is 0 Å². The second kappa shape index (κ2) is 5.45. The van der Waals surface area contributed by atoms with E-state index in [1.807, 2.05) is 6.07 Å². The lowest BCUT2D eigenvalue weighted by Crippen LogP contribution is -2.40. The zero-order valence-electron chi connectivity index (χ0n) is 11.3. The number of carbonyl (C=O) groups excluding carboxylic acids is 1. The van der Waals surface area contributed by atoms with Gasteiger partial charge in [-0.15, -0.1) is 0 Å². The highest BCUT2D eigenvalue weighted by Crippen LogP contribution is 2.31. The summed E-state index contributed by atoms with van der Waals surface area (Å²) in [5.74, 6) is -0.386. The fourth-order valence-corrected chi connectivity index (χ4v) is 5.35. The third-order valence-corrected chi connectivity index (χ3v) is 6.47. The number of carbonyl (C=O) groups is 1. The highest BCUT2D eigenvalue weighted by atomic mass is 35.5. The average molecular weight is 348 g/mol. The molecule has 7 heteroatoms. The van der Waals surface area contributed by atoms with E-state index in [0.717, 1.165) is 11.1 Å². The predicted molar refractivity (Wildman–Crippen MR) is 82.3 cm³/mol. The minimum absolute atomic E-state index is 0.0243. The Labute approximate surface area is 133 Å². The summed E-state index contributed by atoms with van der Waals surface area (Å²) >= 11 is 12.2. The van der Waals surface area contributed by atoms with Crippen molar-refractivity contribution in [2.75, 3.05) is 18.1 Å². The van der Waals surface area contributed by atoms with Gasteiger partial charge in [0.2, 0.25) is 5.91 Å². The largest absolute Gasteiger partial charge is 0.338 e. The Hall–Kier alpha value is -0.780. The predicted octanol–water partition coefficient (Wildman–Crippen LogP) is 2.31. The van der Waals surface area contributed by atoms with Crippen molar-refractivity contribution in [1.82, 2.24) is 4.90 Å². The highest BCUT2D eigenvalue weighted by molar-refractivity contribution is 7.91. The minimum Gasteiger partial charge on any atom is -0.338 e. The molecule has 0 radical (unpaired) electrons. The summed E-state index contributed by atoms with van der Waals surface area (Å²) in [5.41, 5.74) is 1.98. The fourth-order valence-electron chi connectivity index (χ4n) is 3.02. The Balaban J connectivity index is 1.79. The van der Waals surface area contributed by atoms with E-state index in [-0.39, 0.29) is 17.4 Å². The summed E-state index contributed by atoms with van der Waals surface area (Å²) in [4.78, 5) is 14.2. The third-order valence-electron chi connectivity index (χ3n) is 4.15. The van der Waals surface area contributed by atoms with Crippen molar-refractivity contribution >= 4 is 38.9 Å². The summed E-state index contributed by atoms with van der Waals surface area (Å²) in [7, 11) is -3.04. The van der Waals surface area contributed by atoms with Gasteiger partial charge in [-0.2, -0.15) is 0 Å². The molecule has 1 atom stereocenters. The molecule has 0 N–H and O–H groups in total. The summed E-state index contributed by atoms with van der Waals surface area (Å²) in [5, 5.41) is 1.16. The molecule has 0 aliphatic carbocycles. The maximum absolute atomic E-state index is 12.5. The Bertz CT molecular complexity index is 702. The van der Waals surface area contributed by atoms with E-state index >= 15 is 0 Å². The van der Waals surface area contributed by atoms with E-state index in [9.17, 15) is 13.2 Å². The number of benzene rings is 1. The van der Waals surface area contributed by atoms with E-state index in [4.69, 9.17) is 23.2 Å². The van der Waals surface area contributed by atoms with Gasteiger partial charge < -0.3 is 4.90 Å². The van der Waals surface area contributed by atoms with Gasteiger partial charge in [-0.3, -0.25) is 4.79 Å². The van der Waals surface area contributed by atoms with Crippen LogP contribution in [0.3, 0.4) is 0 Å². The molecule has 2 aliphatic heterocycles. The van der Waals surface area contributed by atoms with Crippen LogP contribution < -0.4 is 0 Å². The molecule has 1 saturated heterocycles. The number of hydrogen-bond acceptors (Lipinski definition) is 3. The molecule has 1 fully saturated rings. The lowest BCUT2D eigenvalue weighted by Gasteiger charge is -2.31. The standard InChI is InChI=1S/C14H15Cl2NO3S/c15-11-5-9-1-3-17(7-12(9)13(16)6-11)14(18)10-2-4-21(19,20)8-10/h5-6,10H,1-4,7-8H2. The first-order valence-electron chi connectivity index (χ1n) is 6.82. The van der Waals surface area contributed by atoms with Crippen molar-refractivity contribution in [2.45, 2.75) is 19.4 Å². The van der Waals surface area contributed by atoms with Gasteiger partial charge in [-0.1, -0.05) is 23.2 Å². The molecule has 0 aromatic heterocycles. The number of fused-ring (bicyclic) bond motifs is 1. The van der Waals surface area contributed by atoms with E-state index in [1.165, 1.54) is 0 Å². The molecule has 0 bridgehead atoms. The SMILES string of the molecule is O=C(C1CCS(=O)(=O)C1)N1CCc2cc(Cl)cc(Cl)c2C1. The Morgan fingerprint density at radius 3 is 2.71 bits per heavy atom. The summed E-state index contributed by atoms with van der Waals surface area (Å²) < 4.78 is 23.0. The van der Waals surface area contributed by atoms with Crippen LogP contribution in [0.2, 0.25) is 10.0 Å². The van der Waals surface area contributed by atoms with Gasteiger partial charge in [-0.05, 0) is 36.1 Å². The van der Waals surface area contributed by atoms with Gasteiger partial charge in [0.05, 0.1) is 17.4 Å². The average Bonchev–Trinajstić information content (AvgIpc) is 2.78. The van der Waals surface area contributed by atoms with Crippen LogP contribution in [-0.4, -0.2) is 37.3 Å². The van der Waals surface area contributed by atoms with Crippen LogP contribution in [-0.2, 0) is 27.6 Å². The second-order valence-corrected chi connectivity index (χ2v) is 8.71. The van der Waals surface area contributed by atoms with Crippen molar-refractivity contribution in [3.05, 3.63) is 33.3 Å². The minimum atomic E-state index is -3.04. The van der Waals surface area contributed by atoms with Crippen LogP contribution in [0.5, 0.6) is 0 Å². The van der Waals surface area contributed by atoms with Gasteiger partial charge in [0.15, 0.2) is 9.84 Å². The molecule has 1 amide bonds. The number of halogens is 2. The zero-order chi connectivity index (χ0) is 15.2. The first-order chi connectivity index (χ1) is 9.85. The molecular formula is C14H15Cl2NO3S. The molecule has 0 spiro atoms. The second-order valence-electron chi connectivity index (χ2n) is 5.64. The summed E-state index contributed by atoms with van der Waals surface area (Å²) in [6.07, 6.45) is 1.12. The maximum Gasteiger partial charge on any atom is 0.227 e. The Morgan fingerprint density at radius 2 is 2.05 bits per heavy atom. The number of rotatable bonds is 1. The Kier molecular flexibility index (Phi) is 3.93. The van der Waals surface area contributed by atoms with Gasteiger partial charge in [0.1, 0.15) is 0 Å². The first-order valence-corrected chi connectivity index (χ1v) is 9.39. The highest BCUT2D eigenvalue weighted by Gasteiger charge is 2.36. The van der Waals surface area contributed by atoms with Crippen LogP contribution in [0.25, 0.3) is 0 Å². The quantitative estimate of drug-likeness (QED) is 0.783. The Morgan fingerprint density at radius 1 is 1.29 bits per heavy atom. The van der Waals surface area contributed by atoms with Crippen molar-refractivity contribution in [3.8, 4) is 0 Å². The van der Waals surface area contributed by atoms with Crippen LogP contribution >= 0.6 is 23.2 Å². The van der Waals surface area contributed by atoms with E-state index in [2.05, 4.69) is 0 Å². The van der Waals surface area contributed by atoms with Gasteiger partial charge in [-0.25, -0.2) is 8.42 Å². The third kappa shape index (κ3) is 3.05. The van der Waals surface area contributed by atoms with E-state index < -0.39 is 15.8 Å². The molecule has 3 rings (SSSR count). The lowest BCUT2D eigenvalue weighted by atomic mass is 9.98. The van der Waals surface area contributed by atoms with Gasteiger partial charge >= 0.3 is 0 Å². The van der Waals surface area contributed by atoms with Crippen molar-refractivity contribution in [3.63, 3.8) is 0 Å². The molecule has 2 heterocycles. The number of amides is 1. The molecule has 0 saturated carbocycles. The number of nitrogens with zero attached hydrogens (tertiary/aromatic N) is 1. The summed E-state index contributed by atoms with van der Waals surface area (Å²) in [6, 6.07) is 3.56. The zero-order valence-corrected chi connectivity index (χ0v) is 13.6. The normalized spacial score (nSPS) is 23.9. The topological polar surface area (TPSA) is 54.5 Å². The molecule has 1 aromatic rings. The van der Waals surface area contributed by atoms with E-state index in [0.29, 0.717) is 36.0 Å². The van der Waals surface area contributed by atoms with Gasteiger partial charge in [0.25, 0.3) is 0 Å². The molecule has 21 heavy (non-hydrogen) atoms. The van der Waals surface area contributed by atoms with Crippen molar-refractivity contribution in [2.24, 2.45) is 5.92 Å². The molecule has 4 nitrogen and oxygen atoms in total. The molecule has 2 aliphatic rings. The maximum atomic E-state index is 12.5. The van der Waals surface area contributed by atoms with Gasteiger partial charge in [0, 0.05) is 23.1 Å². The van der Waals surface area contributed by atoms with Crippen molar-refractivity contribution < 1.29 is 13.2 Å². The molecule has 114 valence electrons. The van der Waals surface area contributed by atoms with E-state index in [1.54, 1.807) is 11.0 Å².